The zero-order valence-corrected chi connectivity index (χ0v) is 11.2. The van der Waals surface area contributed by atoms with Crippen LogP contribution in [0.2, 0.25) is 0 Å². The lowest BCUT2D eigenvalue weighted by Gasteiger charge is -1.94. The molecule has 18 heavy (non-hydrogen) atoms. The van der Waals surface area contributed by atoms with Crippen molar-refractivity contribution >= 4 is 16.3 Å². The van der Waals surface area contributed by atoms with Crippen LogP contribution in [0.1, 0.15) is 19.7 Å². The third kappa shape index (κ3) is 1.78. The van der Waals surface area contributed by atoms with Crippen LogP contribution in [-0.4, -0.2) is 19.8 Å². The first-order valence-corrected chi connectivity index (χ1v) is 6.84. The summed E-state index contributed by atoms with van der Waals surface area (Å²) in [5.41, 5.74) is 1.12. The van der Waals surface area contributed by atoms with E-state index in [1.54, 1.807) is 11.3 Å². The highest BCUT2D eigenvalue weighted by Crippen LogP contribution is 2.24. The number of hydrogen-bond acceptors (Lipinski definition) is 4. The fraction of sp³-hybridized carbons (Fsp3) is 0.333. The number of hydrogen-bond donors (Lipinski definition) is 0. The van der Waals surface area contributed by atoms with E-state index in [0.717, 1.165) is 34.3 Å². The van der Waals surface area contributed by atoms with Gasteiger partial charge in [-0.05, 0) is 13.0 Å². The summed E-state index contributed by atoms with van der Waals surface area (Å²) in [6.07, 6.45) is 5.01. The van der Waals surface area contributed by atoms with Gasteiger partial charge >= 0.3 is 0 Å². The fourth-order valence-electron chi connectivity index (χ4n) is 1.84. The lowest BCUT2D eigenvalue weighted by Crippen LogP contribution is -2.30. The fourth-order valence-corrected chi connectivity index (χ4v) is 2.69. The lowest BCUT2D eigenvalue weighted by molar-refractivity contribution is -0.693. The van der Waals surface area contributed by atoms with E-state index in [0.29, 0.717) is 0 Å². The first-order valence-electron chi connectivity index (χ1n) is 6.02. The Morgan fingerprint density at radius 2 is 2.22 bits per heavy atom. The molecule has 3 aromatic rings. The van der Waals surface area contributed by atoms with Crippen LogP contribution in [-0.2, 0) is 13.0 Å². The zero-order chi connectivity index (χ0) is 12.5. The van der Waals surface area contributed by atoms with Gasteiger partial charge in [-0.1, -0.05) is 18.3 Å². The molecule has 5 nitrogen and oxygen atoms in total. The first kappa shape index (κ1) is 11.3. The summed E-state index contributed by atoms with van der Waals surface area (Å²) in [6.45, 7) is 5.14. The smallest absolute Gasteiger partial charge is 0.205 e. The SMILES string of the molecule is CCc1nnc2sc(-c3ccc[n+](CC)c3)nn12. The second-order valence-electron chi connectivity index (χ2n) is 3.99. The van der Waals surface area contributed by atoms with Gasteiger partial charge in [-0.15, -0.1) is 10.2 Å². The van der Waals surface area contributed by atoms with Crippen molar-refractivity contribution < 1.29 is 4.57 Å². The third-order valence-corrected chi connectivity index (χ3v) is 3.79. The Kier molecular flexibility index (Phi) is 2.79. The molecule has 0 atom stereocenters. The van der Waals surface area contributed by atoms with Gasteiger partial charge in [-0.3, -0.25) is 0 Å². The summed E-state index contributed by atoms with van der Waals surface area (Å²) >= 11 is 1.57. The van der Waals surface area contributed by atoms with Crippen LogP contribution in [0.5, 0.6) is 0 Å². The molecule has 6 heteroatoms. The van der Waals surface area contributed by atoms with Crippen molar-refractivity contribution in [2.75, 3.05) is 0 Å². The molecule has 3 heterocycles. The summed E-state index contributed by atoms with van der Waals surface area (Å²) in [5.74, 6) is 0.909. The molecule has 92 valence electrons. The van der Waals surface area contributed by atoms with Crippen molar-refractivity contribution in [3.8, 4) is 10.6 Å². The number of fused-ring (bicyclic) bond motifs is 1. The number of aromatic nitrogens is 5. The molecule has 3 aromatic heterocycles. The summed E-state index contributed by atoms with van der Waals surface area (Å²) in [7, 11) is 0. The molecule has 0 aromatic carbocycles. The van der Waals surface area contributed by atoms with Gasteiger partial charge in [0, 0.05) is 12.5 Å². The summed E-state index contributed by atoms with van der Waals surface area (Å²) in [5, 5.41) is 13.8. The van der Waals surface area contributed by atoms with Crippen molar-refractivity contribution in [1.29, 1.82) is 0 Å². The number of aryl methyl sites for hydroxylation is 2. The summed E-state index contributed by atoms with van der Waals surface area (Å²) < 4.78 is 3.97. The van der Waals surface area contributed by atoms with Gasteiger partial charge in [-0.25, -0.2) is 4.57 Å². The molecule has 0 aliphatic heterocycles. The van der Waals surface area contributed by atoms with E-state index >= 15 is 0 Å². The highest BCUT2D eigenvalue weighted by atomic mass is 32.1. The largest absolute Gasteiger partial charge is 0.234 e. The Morgan fingerprint density at radius 3 is 3.00 bits per heavy atom. The molecule has 0 aliphatic rings. The maximum Gasteiger partial charge on any atom is 0.234 e. The van der Waals surface area contributed by atoms with E-state index in [2.05, 4.69) is 52.2 Å². The molecule has 0 radical (unpaired) electrons. The van der Waals surface area contributed by atoms with Gasteiger partial charge in [0.25, 0.3) is 0 Å². The molecular weight excluding hydrogens is 246 g/mol. The Labute approximate surface area is 109 Å². The maximum atomic E-state index is 4.59. The third-order valence-electron chi connectivity index (χ3n) is 2.84. The molecule has 3 rings (SSSR count). The summed E-state index contributed by atoms with van der Waals surface area (Å²) in [4.78, 5) is 0.855. The zero-order valence-electron chi connectivity index (χ0n) is 10.4. The van der Waals surface area contributed by atoms with Crippen molar-refractivity contribution in [3.05, 3.63) is 30.4 Å². The molecular formula is C12H14N5S+. The minimum atomic E-state index is 0.841. The van der Waals surface area contributed by atoms with Crippen LogP contribution >= 0.6 is 11.3 Å². The second-order valence-corrected chi connectivity index (χ2v) is 4.95. The van der Waals surface area contributed by atoms with Gasteiger partial charge in [0.15, 0.2) is 23.2 Å². The van der Waals surface area contributed by atoms with Gasteiger partial charge in [0.05, 0.1) is 5.56 Å². The molecule has 0 aliphatic carbocycles. The monoisotopic (exact) mass is 260 g/mol. The second kappa shape index (κ2) is 4.45. The minimum Gasteiger partial charge on any atom is -0.205 e. The van der Waals surface area contributed by atoms with Gasteiger partial charge in [-0.2, -0.15) is 9.61 Å². The van der Waals surface area contributed by atoms with Crippen LogP contribution in [0.25, 0.3) is 15.5 Å². The normalized spacial score (nSPS) is 11.2. The summed E-state index contributed by atoms with van der Waals surface area (Å²) in [6, 6.07) is 4.12. The average molecular weight is 260 g/mol. The van der Waals surface area contributed by atoms with E-state index in [1.165, 1.54) is 0 Å². The Morgan fingerprint density at radius 1 is 1.33 bits per heavy atom. The maximum absolute atomic E-state index is 4.59. The molecule has 0 bridgehead atoms. The van der Waals surface area contributed by atoms with Crippen LogP contribution < -0.4 is 4.57 Å². The first-order chi connectivity index (χ1) is 8.81. The lowest BCUT2D eigenvalue weighted by atomic mass is 10.3. The standard InChI is InChI=1S/C12H14N5S/c1-3-10-13-14-12-17(10)15-11(18-12)9-6-5-7-16(4-2)8-9/h5-8H,3-4H2,1-2H3/q+1. The number of nitrogens with zero attached hydrogens (tertiary/aromatic N) is 5. The van der Waals surface area contributed by atoms with Crippen molar-refractivity contribution in [2.45, 2.75) is 26.8 Å². The molecule has 0 spiro atoms. The average Bonchev–Trinajstić information content (AvgIpc) is 2.98. The van der Waals surface area contributed by atoms with E-state index < -0.39 is 0 Å². The molecule has 0 fully saturated rings. The number of rotatable bonds is 3. The Bertz CT molecular complexity index is 685. The van der Waals surface area contributed by atoms with E-state index in [9.17, 15) is 0 Å². The van der Waals surface area contributed by atoms with E-state index in [4.69, 9.17) is 0 Å². The quantitative estimate of drug-likeness (QED) is 0.674. The molecule has 0 saturated heterocycles. The van der Waals surface area contributed by atoms with Crippen LogP contribution in [0.15, 0.2) is 24.5 Å². The molecule has 0 amide bonds. The van der Waals surface area contributed by atoms with Gasteiger partial charge < -0.3 is 0 Å². The van der Waals surface area contributed by atoms with Crippen LogP contribution in [0.4, 0.5) is 0 Å². The van der Waals surface area contributed by atoms with Gasteiger partial charge in [0.2, 0.25) is 4.96 Å². The van der Waals surface area contributed by atoms with Gasteiger partial charge in [0.1, 0.15) is 6.54 Å². The molecule has 0 N–H and O–H groups in total. The Balaban J connectivity index is 2.10. The molecule has 0 saturated carbocycles. The predicted molar refractivity (Wildman–Crippen MR) is 69.3 cm³/mol. The predicted octanol–water partition coefficient (Wildman–Crippen LogP) is 1.72. The van der Waals surface area contributed by atoms with Crippen molar-refractivity contribution in [2.24, 2.45) is 0 Å². The topological polar surface area (TPSA) is 47.0 Å². The van der Waals surface area contributed by atoms with E-state index in [1.807, 2.05) is 10.6 Å². The Hall–Kier alpha value is -1.82. The highest BCUT2D eigenvalue weighted by Gasteiger charge is 2.13. The van der Waals surface area contributed by atoms with E-state index in [-0.39, 0.29) is 0 Å². The van der Waals surface area contributed by atoms with Crippen LogP contribution in [0.3, 0.4) is 0 Å². The van der Waals surface area contributed by atoms with Crippen molar-refractivity contribution in [3.63, 3.8) is 0 Å². The van der Waals surface area contributed by atoms with Crippen molar-refractivity contribution in [1.82, 2.24) is 19.8 Å². The minimum absolute atomic E-state index is 0.841. The molecule has 0 unspecified atom stereocenters. The highest BCUT2D eigenvalue weighted by molar-refractivity contribution is 7.19. The number of pyridine rings is 1. The van der Waals surface area contributed by atoms with Crippen LogP contribution in [0, 0.1) is 0 Å².